The minimum absolute atomic E-state index is 0.190. The number of aromatic nitrogens is 2. The zero-order chi connectivity index (χ0) is 11.0. The molecule has 0 atom stereocenters. The van der Waals surface area contributed by atoms with Gasteiger partial charge in [0, 0.05) is 13.1 Å². The van der Waals surface area contributed by atoms with E-state index >= 15 is 0 Å². The largest absolute Gasteiger partial charge is 0.287 e. The third-order valence-corrected chi connectivity index (χ3v) is 2.13. The van der Waals surface area contributed by atoms with Gasteiger partial charge in [-0.15, -0.1) is 0 Å². The van der Waals surface area contributed by atoms with Gasteiger partial charge in [0.1, 0.15) is 11.6 Å². The number of aromatic amines is 1. The van der Waals surface area contributed by atoms with E-state index in [9.17, 15) is 13.6 Å². The van der Waals surface area contributed by atoms with Crippen molar-refractivity contribution in [1.82, 2.24) is 9.78 Å². The van der Waals surface area contributed by atoms with Crippen LogP contribution in [-0.2, 0) is 7.05 Å². The summed E-state index contributed by atoms with van der Waals surface area (Å²) in [5, 5.41) is 2.39. The Morgan fingerprint density at radius 3 is 2.33 bits per heavy atom. The molecule has 0 aliphatic heterocycles. The molecule has 1 aromatic heterocycles. The Bertz CT molecular complexity index is 537. The molecule has 15 heavy (non-hydrogen) atoms. The van der Waals surface area contributed by atoms with Crippen LogP contribution in [0.1, 0.15) is 0 Å². The predicted octanol–water partition coefficient (Wildman–Crippen LogP) is 1.66. The first-order valence-electron chi connectivity index (χ1n) is 4.30. The SMILES string of the molecule is Cn1[nH]c(=O)cc1-c1c(F)cccc1F. The Morgan fingerprint density at radius 1 is 1.27 bits per heavy atom. The molecule has 0 bridgehead atoms. The average molecular weight is 210 g/mol. The number of H-pyrrole nitrogens is 1. The van der Waals surface area contributed by atoms with Crippen LogP contribution < -0.4 is 5.56 Å². The lowest BCUT2D eigenvalue weighted by Gasteiger charge is -2.04. The Kier molecular flexibility index (Phi) is 2.15. The zero-order valence-electron chi connectivity index (χ0n) is 7.92. The highest BCUT2D eigenvalue weighted by atomic mass is 19.1. The molecule has 0 fully saturated rings. The van der Waals surface area contributed by atoms with Crippen LogP contribution in [-0.4, -0.2) is 9.78 Å². The topological polar surface area (TPSA) is 37.8 Å². The Labute approximate surface area is 84.0 Å². The summed E-state index contributed by atoms with van der Waals surface area (Å²) in [6.07, 6.45) is 0. The average Bonchev–Trinajstić information content (AvgIpc) is 2.45. The summed E-state index contributed by atoms with van der Waals surface area (Å²) in [4.78, 5) is 11.0. The molecule has 0 saturated carbocycles. The van der Waals surface area contributed by atoms with Gasteiger partial charge in [0.25, 0.3) is 5.56 Å². The molecule has 78 valence electrons. The Balaban J connectivity index is 2.74. The van der Waals surface area contributed by atoms with Crippen LogP contribution in [0.15, 0.2) is 29.1 Å². The molecule has 0 saturated heterocycles. The normalized spacial score (nSPS) is 10.6. The van der Waals surface area contributed by atoms with Gasteiger partial charge in [-0.1, -0.05) is 6.07 Å². The van der Waals surface area contributed by atoms with Crippen LogP contribution in [0.2, 0.25) is 0 Å². The van der Waals surface area contributed by atoms with Gasteiger partial charge in [0.05, 0.1) is 11.3 Å². The van der Waals surface area contributed by atoms with Gasteiger partial charge in [0.2, 0.25) is 0 Å². The monoisotopic (exact) mass is 210 g/mol. The molecule has 5 heteroatoms. The predicted molar refractivity (Wildman–Crippen MR) is 51.4 cm³/mol. The number of nitrogens with one attached hydrogen (secondary N) is 1. The second-order valence-corrected chi connectivity index (χ2v) is 3.16. The summed E-state index contributed by atoms with van der Waals surface area (Å²) in [6.45, 7) is 0. The fourth-order valence-corrected chi connectivity index (χ4v) is 1.46. The molecule has 1 N–H and O–H groups in total. The van der Waals surface area contributed by atoms with Crippen molar-refractivity contribution in [2.45, 2.75) is 0 Å². The number of halogens is 2. The van der Waals surface area contributed by atoms with Gasteiger partial charge in [-0.25, -0.2) is 8.78 Å². The molecule has 1 aromatic carbocycles. The van der Waals surface area contributed by atoms with Crippen LogP contribution >= 0.6 is 0 Å². The van der Waals surface area contributed by atoms with Crippen molar-refractivity contribution in [1.29, 1.82) is 0 Å². The molecule has 0 unspecified atom stereocenters. The summed E-state index contributed by atoms with van der Waals surface area (Å²) in [5.74, 6) is -1.38. The Morgan fingerprint density at radius 2 is 1.87 bits per heavy atom. The summed E-state index contributed by atoms with van der Waals surface area (Å²) < 4.78 is 28.0. The highest BCUT2D eigenvalue weighted by Crippen LogP contribution is 2.23. The highest BCUT2D eigenvalue weighted by Gasteiger charge is 2.14. The van der Waals surface area contributed by atoms with Gasteiger partial charge < -0.3 is 0 Å². The number of nitrogens with zero attached hydrogens (tertiary/aromatic N) is 1. The second kappa shape index (κ2) is 3.34. The molecule has 3 nitrogen and oxygen atoms in total. The molecule has 1 heterocycles. The van der Waals surface area contributed by atoms with E-state index in [-0.39, 0.29) is 11.3 Å². The molecule has 0 aliphatic rings. The number of aryl methyl sites for hydroxylation is 1. The van der Waals surface area contributed by atoms with Gasteiger partial charge >= 0.3 is 0 Å². The number of rotatable bonds is 1. The maximum absolute atomic E-state index is 13.4. The van der Waals surface area contributed by atoms with Crippen molar-refractivity contribution >= 4 is 0 Å². The van der Waals surface area contributed by atoms with Crippen LogP contribution in [0.4, 0.5) is 8.78 Å². The quantitative estimate of drug-likeness (QED) is 0.763. The summed E-state index contributed by atoms with van der Waals surface area (Å²) >= 11 is 0. The van der Waals surface area contributed by atoms with E-state index in [1.54, 1.807) is 0 Å². The van der Waals surface area contributed by atoms with Crippen molar-refractivity contribution in [2.75, 3.05) is 0 Å². The molecule has 0 spiro atoms. The summed E-state index contributed by atoms with van der Waals surface area (Å²) in [5.41, 5.74) is -0.399. The maximum Gasteiger partial charge on any atom is 0.264 e. The lowest BCUT2D eigenvalue weighted by molar-refractivity contribution is 0.585. The zero-order valence-corrected chi connectivity index (χ0v) is 7.92. The Hall–Kier alpha value is -1.91. The smallest absolute Gasteiger partial charge is 0.264 e. The van der Waals surface area contributed by atoms with Crippen molar-refractivity contribution in [3.63, 3.8) is 0 Å². The van der Waals surface area contributed by atoms with Crippen LogP contribution in [0.25, 0.3) is 11.3 Å². The first-order chi connectivity index (χ1) is 7.09. The van der Waals surface area contributed by atoms with E-state index in [1.165, 1.54) is 17.8 Å². The minimum Gasteiger partial charge on any atom is -0.287 e. The van der Waals surface area contributed by atoms with Crippen molar-refractivity contribution < 1.29 is 8.78 Å². The van der Waals surface area contributed by atoms with Crippen molar-refractivity contribution in [3.8, 4) is 11.3 Å². The lowest BCUT2D eigenvalue weighted by Crippen LogP contribution is -2.01. The molecular formula is C10H8F2N2O. The van der Waals surface area contributed by atoms with Gasteiger partial charge in [0.15, 0.2) is 0 Å². The van der Waals surface area contributed by atoms with Crippen molar-refractivity contribution in [3.05, 3.63) is 46.3 Å². The molecule has 0 aliphatic carbocycles. The van der Waals surface area contributed by atoms with Crippen molar-refractivity contribution in [2.24, 2.45) is 7.05 Å². The molecular weight excluding hydrogens is 202 g/mol. The van der Waals surface area contributed by atoms with E-state index < -0.39 is 17.2 Å². The standard InChI is InChI=1S/C10H8F2N2O/c1-14-8(5-9(15)13-14)10-6(11)3-2-4-7(10)12/h2-5H,1H3,(H,13,15). The number of benzene rings is 1. The summed E-state index contributed by atoms with van der Waals surface area (Å²) in [6, 6.07) is 4.73. The first-order valence-corrected chi connectivity index (χ1v) is 4.30. The first kappa shape index (κ1) is 9.64. The maximum atomic E-state index is 13.4. The minimum atomic E-state index is -0.690. The third-order valence-electron chi connectivity index (χ3n) is 2.13. The molecule has 0 radical (unpaired) electrons. The number of hydrogen-bond donors (Lipinski definition) is 1. The second-order valence-electron chi connectivity index (χ2n) is 3.16. The fourth-order valence-electron chi connectivity index (χ4n) is 1.46. The highest BCUT2D eigenvalue weighted by molar-refractivity contribution is 5.60. The molecule has 0 amide bonds. The molecule has 2 aromatic rings. The van der Waals surface area contributed by atoms with E-state index in [1.807, 2.05) is 0 Å². The summed E-state index contributed by atoms with van der Waals surface area (Å²) in [7, 11) is 1.52. The third kappa shape index (κ3) is 1.56. The van der Waals surface area contributed by atoms with Crippen LogP contribution in [0, 0.1) is 11.6 Å². The van der Waals surface area contributed by atoms with E-state index in [2.05, 4.69) is 5.10 Å². The number of hydrogen-bond acceptors (Lipinski definition) is 1. The van der Waals surface area contributed by atoms with E-state index in [4.69, 9.17) is 0 Å². The van der Waals surface area contributed by atoms with Gasteiger partial charge in [-0.3, -0.25) is 14.6 Å². The van der Waals surface area contributed by atoms with E-state index in [0.717, 1.165) is 18.2 Å². The lowest BCUT2D eigenvalue weighted by atomic mass is 10.1. The van der Waals surface area contributed by atoms with E-state index in [0.29, 0.717) is 0 Å². The van der Waals surface area contributed by atoms with Crippen LogP contribution in [0.3, 0.4) is 0 Å². The van der Waals surface area contributed by atoms with Gasteiger partial charge in [-0.05, 0) is 12.1 Å². The molecule has 2 rings (SSSR count). The fraction of sp³-hybridized carbons (Fsp3) is 0.100. The van der Waals surface area contributed by atoms with Crippen LogP contribution in [0.5, 0.6) is 0 Å². The van der Waals surface area contributed by atoms with Gasteiger partial charge in [-0.2, -0.15) is 0 Å².